The van der Waals surface area contributed by atoms with Crippen molar-refractivity contribution < 1.29 is 14.7 Å². The zero-order valence-corrected chi connectivity index (χ0v) is 16.0. The Kier molecular flexibility index (Phi) is 5.45. The second-order valence-electron chi connectivity index (χ2n) is 7.13. The summed E-state index contributed by atoms with van der Waals surface area (Å²) in [4.78, 5) is 24.9. The monoisotopic (exact) mass is 363 g/mol. The highest BCUT2D eigenvalue weighted by molar-refractivity contribution is 6.01. The highest BCUT2D eigenvalue weighted by Gasteiger charge is 2.27. The topological polar surface area (TPSA) is 59.3 Å². The normalized spacial score (nSPS) is 12.3. The number of carbonyl (C=O) groups is 2. The molecule has 4 heteroatoms. The zero-order chi connectivity index (χ0) is 19.6. The van der Waals surface area contributed by atoms with Crippen LogP contribution in [0.15, 0.2) is 48.7 Å². The van der Waals surface area contributed by atoms with Crippen LogP contribution in [0.3, 0.4) is 0 Å². The highest BCUT2D eigenvalue weighted by atomic mass is 16.4. The molecule has 0 aliphatic carbocycles. The van der Waals surface area contributed by atoms with E-state index >= 15 is 0 Å². The van der Waals surface area contributed by atoms with Gasteiger partial charge in [0.05, 0.1) is 5.92 Å². The molecule has 0 fully saturated rings. The van der Waals surface area contributed by atoms with E-state index < -0.39 is 11.9 Å². The number of fused-ring (bicyclic) bond motifs is 1. The minimum atomic E-state index is -0.965. The Bertz CT molecular complexity index is 1000. The van der Waals surface area contributed by atoms with Crippen LogP contribution < -0.4 is 0 Å². The number of carboxylic acids is 1. The van der Waals surface area contributed by atoms with Crippen molar-refractivity contribution in [2.45, 2.75) is 46.1 Å². The van der Waals surface area contributed by atoms with Gasteiger partial charge in [0, 0.05) is 35.6 Å². The molecule has 1 aromatic heterocycles. The van der Waals surface area contributed by atoms with Gasteiger partial charge in [-0.05, 0) is 37.5 Å². The number of aliphatic carboxylic acids is 1. The van der Waals surface area contributed by atoms with Crippen LogP contribution in [0, 0.1) is 13.8 Å². The minimum absolute atomic E-state index is 0.0423. The number of aryl methyl sites for hydroxylation is 3. The largest absolute Gasteiger partial charge is 0.481 e. The Labute approximate surface area is 159 Å². The van der Waals surface area contributed by atoms with Crippen LogP contribution >= 0.6 is 0 Å². The van der Waals surface area contributed by atoms with Crippen LogP contribution in [0.4, 0.5) is 0 Å². The lowest BCUT2D eigenvalue weighted by Gasteiger charge is -2.13. The molecule has 3 rings (SSSR count). The Morgan fingerprint density at radius 2 is 1.85 bits per heavy atom. The number of hydrogen-bond acceptors (Lipinski definition) is 2. The minimum Gasteiger partial charge on any atom is -0.481 e. The van der Waals surface area contributed by atoms with Crippen molar-refractivity contribution in [3.8, 4) is 0 Å². The van der Waals surface area contributed by atoms with Gasteiger partial charge in [-0.2, -0.15) is 0 Å². The maximum Gasteiger partial charge on any atom is 0.311 e. The lowest BCUT2D eigenvalue weighted by atomic mass is 9.90. The molecule has 2 aromatic carbocycles. The number of nitrogens with zero attached hydrogens (tertiary/aromatic N) is 1. The Morgan fingerprint density at radius 1 is 1.11 bits per heavy atom. The van der Waals surface area contributed by atoms with Crippen LogP contribution in [0.1, 0.15) is 52.7 Å². The van der Waals surface area contributed by atoms with Crippen LogP contribution in [-0.4, -0.2) is 21.4 Å². The van der Waals surface area contributed by atoms with Gasteiger partial charge in [0.1, 0.15) is 0 Å². The number of ketones is 1. The van der Waals surface area contributed by atoms with Crippen molar-refractivity contribution in [3.63, 3.8) is 0 Å². The van der Waals surface area contributed by atoms with Crippen LogP contribution in [0.2, 0.25) is 0 Å². The van der Waals surface area contributed by atoms with Gasteiger partial charge in [-0.3, -0.25) is 9.59 Å². The molecule has 0 aliphatic heterocycles. The van der Waals surface area contributed by atoms with E-state index in [4.69, 9.17) is 0 Å². The van der Waals surface area contributed by atoms with E-state index in [1.54, 1.807) is 6.07 Å². The molecule has 1 unspecified atom stereocenters. The molecule has 1 heterocycles. The summed E-state index contributed by atoms with van der Waals surface area (Å²) in [5, 5.41) is 10.8. The van der Waals surface area contributed by atoms with Crippen LogP contribution in [0.25, 0.3) is 10.9 Å². The number of rotatable bonds is 7. The summed E-state index contributed by atoms with van der Waals surface area (Å²) in [5.74, 6) is -1.96. The molecule has 3 aromatic rings. The van der Waals surface area contributed by atoms with E-state index in [1.165, 1.54) is 0 Å². The summed E-state index contributed by atoms with van der Waals surface area (Å²) in [6.07, 6.45) is 2.82. The second-order valence-corrected chi connectivity index (χ2v) is 7.13. The fourth-order valence-electron chi connectivity index (χ4n) is 3.73. The van der Waals surface area contributed by atoms with Gasteiger partial charge in [0.2, 0.25) is 0 Å². The van der Waals surface area contributed by atoms with Crippen molar-refractivity contribution in [1.82, 2.24) is 4.57 Å². The number of aromatic nitrogens is 1. The van der Waals surface area contributed by atoms with E-state index in [-0.39, 0.29) is 12.2 Å². The Balaban J connectivity index is 2.00. The third-order valence-electron chi connectivity index (χ3n) is 5.03. The third kappa shape index (κ3) is 3.80. The quantitative estimate of drug-likeness (QED) is 0.594. The molecule has 0 amide bonds. The highest BCUT2D eigenvalue weighted by Crippen LogP contribution is 2.31. The number of para-hydroxylation sites is 1. The molecular formula is C23H25NO3. The van der Waals surface area contributed by atoms with E-state index in [0.717, 1.165) is 35.0 Å². The molecule has 0 bridgehead atoms. The van der Waals surface area contributed by atoms with Gasteiger partial charge < -0.3 is 9.67 Å². The van der Waals surface area contributed by atoms with Crippen molar-refractivity contribution in [2.24, 2.45) is 0 Å². The van der Waals surface area contributed by atoms with Gasteiger partial charge in [-0.1, -0.05) is 48.9 Å². The number of benzene rings is 2. The third-order valence-corrected chi connectivity index (χ3v) is 5.03. The smallest absolute Gasteiger partial charge is 0.311 e. The summed E-state index contributed by atoms with van der Waals surface area (Å²) >= 11 is 0. The molecule has 140 valence electrons. The van der Waals surface area contributed by atoms with Gasteiger partial charge in [-0.25, -0.2) is 0 Å². The first-order chi connectivity index (χ1) is 12.9. The first kappa shape index (κ1) is 18.9. The number of carboxylic acid groups (broad SMARTS) is 1. The van der Waals surface area contributed by atoms with Gasteiger partial charge in [0.25, 0.3) is 0 Å². The molecule has 0 saturated carbocycles. The van der Waals surface area contributed by atoms with Crippen molar-refractivity contribution in [1.29, 1.82) is 0 Å². The van der Waals surface area contributed by atoms with Crippen LogP contribution in [0.5, 0.6) is 0 Å². The molecule has 1 N–H and O–H groups in total. The summed E-state index contributed by atoms with van der Waals surface area (Å²) in [6, 6.07) is 13.4. The SMILES string of the molecule is CCCn1cc(C(CC(=O)c2ccc(C)cc2C)C(=O)O)c2ccccc21. The Hall–Kier alpha value is -2.88. The molecular weight excluding hydrogens is 338 g/mol. The average molecular weight is 363 g/mol. The van der Waals surface area contributed by atoms with Crippen molar-refractivity contribution >= 4 is 22.7 Å². The fraction of sp³-hybridized carbons (Fsp3) is 0.304. The summed E-state index contributed by atoms with van der Waals surface area (Å²) in [5.41, 5.74) is 4.30. The summed E-state index contributed by atoms with van der Waals surface area (Å²) in [7, 11) is 0. The van der Waals surface area contributed by atoms with Crippen molar-refractivity contribution in [2.75, 3.05) is 0 Å². The maximum atomic E-state index is 12.9. The predicted octanol–water partition coefficient (Wildman–Crippen LogP) is 5.11. The molecule has 0 saturated heterocycles. The number of Topliss-reactive ketones (excluding diaryl/α,β-unsaturated/α-hetero) is 1. The lowest BCUT2D eigenvalue weighted by Crippen LogP contribution is -2.17. The first-order valence-electron chi connectivity index (χ1n) is 9.33. The van der Waals surface area contributed by atoms with Crippen LogP contribution in [-0.2, 0) is 11.3 Å². The van der Waals surface area contributed by atoms with E-state index in [9.17, 15) is 14.7 Å². The lowest BCUT2D eigenvalue weighted by molar-refractivity contribution is -0.138. The molecule has 4 nitrogen and oxygen atoms in total. The van der Waals surface area contributed by atoms with Gasteiger partial charge >= 0.3 is 5.97 Å². The summed E-state index contributed by atoms with van der Waals surface area (Å²) < 4.78 is 2.09. The molecule has 0 aliphatic rings. The fourth-order valence-corrected chi connectivity index (χ4v) is 3.73. The van der Waals surface area contributed by atoms with E-state index in [0.29, 0.717) is 11.1 Å². The molecule has 0 spiro atoms. The van der Waals surface area contributed by atoms with Crippen molar-refractivity contribution in [3.05, 3.63) is 70.9 Å². The molecule has 27 heavy (non-hydrogen) atoms. The molecule has 1 atom stereocenters. The zero-order valence-electron chi connectivity index (χ0n) is 16.0. The van der Waals surface area contributed by atoms with Gasteiger partial charge in [0.15, 0.2) is 5.78 Å². The molecule has 0 radical (unpaired) electrons. The number of carbonyl (C=O) groups excluding carboxylic acids is 1. The Morgan fingerprint density at radius 3 is 2.52 bits per heavy atom. The maximum absolute atomic E-state index is 12.9. The average Bonchev–Trinajstić information content (AvgIpc) is 2.98. The second kappa shape index (κ2) is 7.78. The summed E-state index contributed by atoms with van der Waals surface area (Å²) in [6.45, 7) is 6.78. The van der Waals surface area contributed by atoms with E-state index in [1.807, 2.05) is 56.4 Å². The number of hydrogen-bond donors (Lipinski definition) is 1. The van der Waals surface area contributed by atoms with E-state index in [2.05, 4.69) is 11.5 Å². The predicted molar refractivity (Wildman–Crippen MR) is 107 cm³/mol. The standard InChI is InChI=1S/C23H25NO3/c1-4-11-24-14-20(18-7-5-6-8-21(18)24)19(23(26)27)13-22(25)17-10-9-15(2)12-16(17)3/h5-10,12,14,19H,4,11,13H2,1-3H3,(H,26,27). The van der Waals surface area contributed by atoms with Gasteiger partial charge in [-0.15, -0.1) is 0 Å². The first-order valence-corrected chi connectivity index (χ1v) is 9.33.